The lowest BCUT2D eigenvalue weighted by atomic mass is 9.93. The number of amides is 1. The number of carbonyl (C=O) groups is 1. The van der Waals surface area contributed by atoms with Crippen molar-refractivity contribution >= 4 is 15.9 Å². The molecule has 1 amide bonds. The Hall–Kier alpha value is -1.40. The quantitative estimate of drug-likeness (QED) is 0.646. The van der Waals surface area contributed by atoms with Gasteiger partial charge in [-0.25, -0.2) is 8.42 Å². The highest BCUT2D eigenvalue weighted by atomic mass is 32.2. The fourth-order valence-electron chi connectivity index (χ4n) is 3.87. The molecule has 1 aliphatic carbocycles. The van der Waals surface area contributed by atoms with Crippen molar-refractivity contribution in [3.05, 3.63) is 30.3 Å². The molecule has 0 aromatic heterocycles. The van der Waals surface area contributed by atoms with Crippen LogP contribution in [0, 0.1) is 11.8 Å². The zero-order valence-electron chi connectivity index (χ0n) is 16.3. The Morgan fingerprint density at radius 3 is 2.33 bits per heavy atom. The molecule has 2 fully saturated rings. The van der Waals surface area contributed by atoms with Crippen molar-refractivity contribution in [1.29, 1.82) is 0 Å². The summed E-state index contributed by atoms with van der Waals surface area (Å²) in [6, 6.07) is 8.65. The summed E-state index contributed by atoms with van der Waals surface area (Å²) in [6.45, 7) is 5.02. The van der Waals surface area contributed by atoms with Gasteiger partial charge in [0, 0.05) is 32.6 Å². The molecular formula is C21H32N2O3S. The summed E-state index contributed by atoms with van der Waals surface area (Å²) in [5.41, 5.74) is 0. The molecule has 1 heterocycles. The maximum absolute atomic E-state index is 12.7. The number of nitrogens with zero attached hydrogens (tertiary/aromatic N) is 2. The first-order valence-electron chi connectivity index (χ1n) is 10.3. The molecule has 1 aliphatic heterocycles. The highest BCUT2D eigenvalue weighted by molar-refractivity contribution is 7.89. The highest BCUT2D eigenvalue weighted by Crippen LogP contribution is 2.31. The summed E-state index contributed by atoms with van der Waals surface area (Å²) in [5.74, 6) is 1.45. The number of rotatable bonds is 9. The third kappa shape index (κ3) is 5.55. The van der Waals surface area contributed by atoms with Crippen LogP contribution in [0.3, 0.4) is 0 Å². The summed E-state index contributed by atoms with van der Waals surface area (Å²) in [5, 5.41) is 0. The Bertz CT molecular complexity index is 708. The molecule has 150 valence electrons. The molecule has 0 unspecified atom stereocenters. The monoisotopic (exact) mass is 392 g/mol. The topological polar surface area (TPSA) is 57.7 Å². The number of piperidine rings is 1. The van der Waals surface area contributed by atoms with Crippen LogP contribution in [0.4, 0.5) is 0 Å². The predicted octanol–water partition coefficient (Wildman–Crippen LogP) is 3.52. The average molecular weight is 393 g/mol. The van der Waals surface area contributed by atoms with Crippen LogP contribution in [-0.4, -0.2) is 49.7 Å². The van der Waals surface area contributed by atoms with Crippen molar-refractivity contribution < 1.29 is 13.2 Å². The maximum Gasteiger partial charge on any atom is 0.243 e. The molecule has 0 radical (unpaired) electrons. The molecule has 27 heavy (non-hydrogen) atoms. The number of carbonyl (C=O) groups excluding carboxylic acids is 1. The second-order valence-corrected chi connectivity index (χ2v) is 9.92. The normalized spacial score (nSPS) is 19.1. The van der Waals surface area contributed by atoms with Gasteiger partial charge in [-0.05, 0) is 62.5 Å². The van der Waals surface area contributed by atoms with E-state index in [1.165, 1.54) is 12.8 Å². The standard InChI is InChI=1S/C21H32N2O3S/c1-2-14-22(17-19-8-9-19)21(24)11-10-18-12-15-23(16-13-18)27(25,26)20-6-4-3-5-7-20/h3-7,18-19H,2,8-17H2,1H3. The van der Waals surface area contributed by atoms with E-state index in [0.29, 0.717) is 30.3 Å². The predicted molar refractivity (Wildman–Crippen MR) is 107 cm³/mol. The number of benzene rings is 1. The summed E-state index contributed by atoms with van der Waals surface area (Å²) in [7, 11) is -3.39. The first kappa shape index (κ1) is 20.3. The van der Waals surface area contributed by atoms with E-state index in [9.17, 15) is 13.2 Å². The molecule has 3 rings (SSSR count). The minimum absolute atomic E-state index is 0.281. The summed E-state index contributed by atoms with van der Waals surface area (Å²) >= 11 is 0. The molecule has 1 saturated carbocycles. The molecular weight excluding hydrogens is 360 g/mol. The maximum atomic E-state index is 12.7. The summed E-state index contributed by atoms with van der Waals surface area (Å²) in [4.78, 5) is 15.0. The van der Waals surface area contributed by atoms with Crippen molar-refractivity contribution in [3.63, 3.8) is 0 Å². The van der Waals surface area contributed by atoms with Gasteiger partial charge in [0.1, 0.15) is 0 Å². The number of hydrogen-bond acceptors (Lipinski definition) is 3. The van der Waals surface area contributed by atoms with Gasteiger partial charge < -0.3 is 4.90 Å². The molecule has 0 bridgehead atoms. The molecule has 6 heteroatoms. The molecule has 5 nitrogen and oxygen atoms in total. The van der Waals surface area contributed by atoms with Gasteiger partial charge >= 0.3 is 0 Å². The number of sulfonamides is 1. The van der Waals surface area contributed by atoms with E-state index in [0.717, 1.165) is 44.7 Å². The number of hydrogen-bond donors (Lipinski definition) is 0. The first-order valence-corrected chi connectivity index (χ1v) is 11.8. The molecule has 1 aromatic carbocycles. The van der Waals surface area contributed by atoms with Crippen molar-refractivity contribution in [3.8, 4) is 0 Å². The Morgan fingerprint density at radius 1 is 1.07 bits per heavy atom. The molecule has 0 N–H and O–H groups in total. The van der Waals surface area contributed by atoms with E-state index in [-0.39, 0.29) is 5.91 Å². The van der Waals surface area contributed by atoms with Gasteiger partial charge in [0.2, 0.25) is 15.9 Å². The fourth-order valence-corrected chi connectivity index (χ4v) is 5.36. The lowest BCUT2D eigenvalue weighted by Crippen LogP contribution is -2.39. The molecule has 2 aliphatic rings. The van der Waals surface area contributed by atoms with Crippen LogP contribution in [0.5, 0.6) is 0 Å². The Balaban J connectivity index is 1.46. The van der Waals surface area contributed by atoms with Gasteiger partial charge in [0.15, 0.2) is 0 Å². The van der Waals surface area contributed by atoms with Gasteiger partial charge in [-0.15, -0.1) is 0 Å². The van der Waals surface area contributed by atoms with Gasteiger partial charge in [-0.3, -0.25) is 4.79 Å². The molecule has 0 atom stereocenters. The average Bonchev–Trinajstić information content (AvgIpc) is 3.51. The van der Waals surface area contributed by atoms with Crippen LogP contribution in [-0.2, 0) is 14.8 Å². The molecule has 1 saturated heterocycles. The molecule has 0 spiro atoms. The zero-order valence-corrected chi connectivity index (χ0v) is 17.2. The Labute approximate surface area is 163 Å². The lowest BCUT2D eigenvalue weighted by Gasteiger charge is -2.31. The smallest absolute Gasteiger partial charge is 0.243 e. The van der Waals surface area contributed by atoms with Gasteiger partial charge in [0.25, 0.3) is 0 Å². The van der Waals surface area contributed by atoms with E-state index in [4.69, 9.17) is 0 Å². The Morgan fingerprint density at radius 2 is 1.74 bits per heavy atom. The van der Waals surface area contributed by atoms with Crippen LogP contribution >= 0.6 is 0 Å². The third-order valence-electron chi connectivity index (χ3n) is 5.74. The zero-order chi connectivity index (χ0) is 19.3. The Kier molecular flexibility index (Phi) is 6.93. The second kappa shape index (κ2) is 9.20. The fraction of sp³-hybridized carbons (Fsp3) is 0.667. The van der Waals surface area contributed by atoms with Crippen molar-refractivity contribution in [2.75, 3.05) is 26.2 Å². The van der Waals surface area contributed by atoms with E-state index < -0.39 is 10.0 Å². The van der Waals surface area contributed by atoms with Crippen LogP contribution in [0.25, 0.3) is 0 Å². The minimum atomic E-state index is -3.39. The summed E-state index contributed by atoms with van der Waals surface area (Å²) in [6.07, 6.45) is 6.70. The van der Waals surface area contributed by atoms with E-state index in [2.05, 4.69) is 6.92 Å². The van der Waals surface area contributed by atoms with E-state index in [1.807, 2.05) is 11.0 Å². The van der Waals surface area contributed by atoms with Crippen LogP contribution in [0.1, 0.15) is 51.9 Å². The summed E-state index contributed by atoms with van der Waals surface area (Å²) < 4.78 is 27.0. The van der Waals surface area contributed by atoms with Crippen LogP contribution in [0.2, 0.25) is 0 Å². The van der Waals surface area contributed by atoms with Crippen molar-refractivity contribution in [2.24, 2.45) is 11.8 Å². The van der Waals surface area contributed by atoms with Crippen molar-refractivity contribution in [1.82, 2.24) is 9.21 Å². The van der Waals surface area contributed by atoms with Gasteiger partial charge in [-0.2, -0.15) is 4.31 Å². The van der Waals surface area contributed by atoms with Crippen molar-refractivity contribution in [2.45, 2.75) is 56.8 Å². The van der Waals surface area contributed by atoms with Crippen LogP contribution in [0.15, 0.2) is 35.2 Å². The lowest BCUT2D eigenvalue weighted by molar-refractivity contribution is -0.131. The largest absolute Gasteiger partial charge is 0.342 e. The molecule has 1 aromatic rings. The first-order chi connectivity index (χ1) is 13.0. The van der Waals surface area contributed by atoms with Crippen LogP contribution < -0.4 is 0 Å². The third-order valence-corrected chi connectivity index (χ3v) is 7.66. The second-order valence-electron chi connectivity index (χ2n) is 7.98. The minimum Gasteiger partial charge on any atom is -0.342 e. The van der Waals surface area contributed by atoms with Gasteiger partial charge in [-0.1, -0.05) is 25.1 Å². The highest BCUT2D eigenvalue weighted by Gasteiger charge is 2.30. The SMILES string of the molecule is CCCN(CC1CC1)C(=O)CCC1CCN(S(=O)(=O)c2ccccc2)CC1. The van der Waals surface area contributed by atoms with E-state index >= 15 is 0 Å². The van der Waals surface area contributed by atoms with E-state index in [1.54, 1.807) is 28.6 Å². The van der Waals surface area contributed by atoms with Gasteiger partial charge in [0.05, 0.1) is 4.90 Å².